The second-order valence-electron chi connectivity index (χ2n) is 2.62. The van der Waals surface area contributed by atoms with Crippen molar-refractivity contribution < 1.29 is 4.57 Å². The molecule has 0 aliphatic heterocycles. The number of rotatable bonds is 5. The summed E-state index contributed by atoms with van der Waals surface area (Å²) in [6.07, 6.45) is 1.62. The molecule has 0 saturated carbocycles. The molecular formula is C8H20NOP. The lowest BCUT2D eigenvalue weighted by atomic mass is 10.7. The zero-order valence-electron chi connectivity index (χ0n) is 8.13. The Hall–Kier alpha value is 0.190. The molecule has 0 fully saturated rings. The van der Waals surface area contributed by atoms with Crippen molar-refractivity contribution in [2.45, 2.75) is 27.7 Å². The van der Waals surface area contributed by atoms with Gasteiger partial charge in [-0.25, -0.2) is 0 Å². The summed E-state index contributed by atoms with van der Waals surface area (Å²) in [6.45, 7) is 10.00. The molecule has 0 bridgehead atoms. The van der Waals surface area contributed by atoms with Crippen molar-refractivity contribution in [2.24, 2.45) is 0 Å². The molecule has 0 unspecified atom stereocenters. The zero-order valence-corrected chi connectivity index (χ0v) is 9.03. The van der Waals surface area contributed by atoms with Gasteiger partial charge in [0.15, 0.2) is 0 Å². The smallest absolute Gasteiger partial charge is 0.149 e. The van der Waals surface area contributed by atoms with Crippen LogP contribution in [0, 0.1) is 0 Å². The largest absolute Gasteiger partial charge is 0.307 e. The lowest BCUT2D eigenvalue weighted by molar-refractivity contribution is 0.444. The van der Waals surface area contributed by atoms with Gasteiger partial charge in [0, 0.05) is 25.4 Å². The van der Waals surface area contributed by atoms with E-state index in [0.29, 0.717) is 0 Å². The summed E-state index contributed by atoms with van der Waals surface area (Å²) in [5.74, 6) is 0. The molecule has 0 aromatic rings. The maximum absolute atomic E-state index is 12.0. The summed E-state index contributed by atoms with van der Waals surface area (Å²) in [7, 11) is -1.96. The van der Waals surface area contributed by atoms with Gasteiger partial charge in [-0.2, -0.15) is 0 Å². The number of hydrogen-bond acceptors (Lipinski definition) is 1. The van der Waals surface area contributed by atoms with Crippen molar-refractivity contribution in [1.29, 1.82) is 0 Å². The van der Waals surface area contributed by atoms with E-state index in [4.69, 9.17) is 0 Å². The minimum absolute atomic E-state index is 0.811. The predicted molar refractivity (Wildman–Crippen MR) is 51.6 cm³/mol. The highest BCUT2D eigenvalue weighted by Gasteiger charge is 2.22. The number of nitrogens with zero attached hydrogens (tertiary/aromatic N) is 1. The summed E-state index contributed by atoms with van der Waals surface area (Å²) in [5, 5.41) is 0. The van der Waals surface area contributed by atoms with Crippen LogP contribution in [0.4, 0.5) is 0 Å². The van der Waals surface area contributed by atoms with Gasteiger partial charge < -0.3 is 4.57 Å². The molecule has 0 heterocycles. The van der Waals surface area contributed by atoms with Crippen molar-refractivity contribution in [2.75, 3.05) is 25.4 Å². The van der Waals surface area contributed by atoms with Crippen LogP contribution in [0.3, 0.4) is 0 Å². The average molecular weight is 177 g/mol. The normalized spacial score (nSPS) is 12.5. The summed E-state index contributed by atoms with van der Waals surface area (Å²) in [4.78, 5) is 0. The maximum atomic E-state index is 12.0. The Labute approximate surface area is 70.4 Å². The van der Waals surface area contributed by atoms with E-state index < -0.39 is 7.29 Å². The van der Waals surface area contributed by atoms with E-state index in [9.17, 15) is 4.57 Å². The topological polar surface area (TPSA) is 20.3 Å². The van der Waals surface area contributed by atoms with Gasteiger partial charge in [0.1, 0.15) is 7.29 Å². The molecule has 0 aromatic heterocycles. The van der Waals surface area contributed by atoms with Crippen LogP contribution in [0.25, 0.3) is 0 Å². The third-order valence-corrected chi connectivity index (χ3v) is 5.81. The molecule has 68 valence electrons. The van der Waals surface area contributed by atoms with Gasteiger partial charge in [-0.15, -0.1) is 0 Å². The molecule has 0 rings (SSSR count). The van der Waals surface area contributed by atoms with Crippen molar-refractivity contribution in [3.63, 3.8) is 0 Å². The van der Waals surface area contributed by atoms with Crippen LogP contribution in [0.5, 0.6) is 0 Å². The molecule has 3 heteroatoms. The Morgan fingerprint density at radius 2 is 1.36 bits per heavy atom. The van der Waals surface area contributed by atoms with E-state index in [1.165, 1.54) is 0 Å². The van der Waals surface area contributed by atoms with Crippen LogP contribution in [0.15, 0.2) is 0 Å². The quantitative estimate of drug-likeness (QED) is 0.602. The molecule has 0 saturated heterocycles. The lowest BCUT2D eigenvalue weighted by Crippen LogP contribution is -2.21. The monoisotopic (exact) mass is 177 g/mol. The highest BCUT2D eigenvalue weighted by atomic mass is 31.2. The van der Waals surface area contributed by atoms with Crippen molar-refractivity contribution >= 4 is 7.29 Å². The van der Waals surface area contributed by atoms with Gasteiger partial charge >= 0.3 is 0 Å². The molecule has 0 spiro atoms. The molecule has 0 atom stereocenters. The van der Waals surface area contributed by atoms with Crippen LogP contribution in [0.1, 0.15) is 27.7 Å². The first-order valence-electron chi connectivity index (χ1n) is 4.48. The minimum Gasteiger partial charge on any atom is -0.307 e. The Kier molecular flexibility index (Phi) is 5.03. The molecule has 0 aliphatic carbocycles. The van der Waals surface area contributed by atoms with Crippen LogP contribution in [0.2, 0.25) is 0 Å². The Bertz CT molecular complexity index is 135. The average Bonchev–Trinajstić information content (AvgIpc) is 2.06. The molecule has 0 aliphatic rings. The molecule has 0 amide bonds. The Morgan fingerprint density at radius 1 is 1.00 bits per heavy atom. The van der Waals surface area contributed by atoms with Gasteiger partial charge in [0.2, 0.25) is 0 Å². The van der Waals surface area contributed by atoms with Gasteiger partial charge in [-0.1, -0.05) is 27.7 Å². The van der Waals surface area contributed by atoms with E-state index in [-0.39, 0.29) is 0 Å². The number of hydrogen-bond donors (Lipinski definition) is 0. The molecule has 11 heavy (non-hydrogen) atoms. The van der Waals surface area contributed by atoms with Gasteiger partial charge in [0.05, 0.1) is 0 Å². The van der Waals surface area contributed by atoms with Crippen LogP contribution in [-0.2, 0) is 4.57 Å². The van der Waals surface area contributed by atoms with E-state index in [1.54, 1.807) is 0 Å². The Balaban J connectivity index is 4.32. The van der Waals surface area contributed by atoms with Gasteiger partial charge in [-0.05, 0) is 0 Å². The first-order valence-corrected chi connectivity index (χ1v) is 6.51. The first kappa shape index (κ1) is 11.2. The molecule has 0 N–H and O–H groups in total. The second-order valence-corrected chi connectivity index (χ2v) is 6.14. The van der Waals surface area contributed by atoms with E-state index >= 15 is 0 Å². The van der Waals surface area contributed by atoms with Crippen molar-refractivity contribution in [3.05, 3.63) is 0 Å². The highest BCUT2D eigenvalue weighted by Crippen LogP contribution is 2.48. The van der Waals surface area contributed by atoms with Crippen molar-refractivity contribution in [1.82, 2.24) is 4.67 Å². The minimum atomic E-state index is -1.96. The third-order valence-electron chi connectivity index (χ3n) is 2.23. The van der Waals surface area contributed by atoms with E-state index in [2.05, 4.69) is 18.5 Å². The van der Waals surface area contributed by atoms with Crippen LogP contribution in [-0.4, -0.2) is 30.1 Å². The molecule has 2 nitrogen and oxygen atoms in total. The summed E-state index contributed by atoms with van der Waals surface area (Å²) in [5.41, 5.74) is 0. The van der Waals surface area contributed by atoms with Crippen LogP contribution < -0.4 is 0 Å². The molecule has 0 aromatic carbocycles. The third kappa shape index (κ3) is 2.61. The van der Waals surface area contributed by atoms with Gasteiger partial charge in [0.25, 0.3) is 0 Å². The standard InChI is InChI=1S/C8H20NOP/c1-5-9(6-2)11(10,7-3)8-4/h5-8H2,1-4H3. The summed E-state index contributed by atoms with van der Waals surface area (Å²) in [6, 6.07) is 0. The zero-order chi connectivity index (χ0) is 8.91. The second kappa shape index (κ2) is 4.95. The Morgan fingerprint density at radius 3 is 1.45 bits per heavy atom. The first-order chi connectivity index (χ1) is 5.14. The summed E-state index contributed by atoms with van der Waals surface area (Å²) < 4.78 is 14.1. The fourth-order valence-corrected chi connectivity index (χ4v) is 3.64. The SMILES string of the molecule is CCN(CC)P(=O)(CC)CC. The van der Waals surface area contributed by atoms with Gasteiger partial charge in [-0.3, -0.25) is 4.67 Å². The molecular weight excluding hydrogens is 157 g/mol. The van der Waals surface area contributed by atoms with E-state index in [0.717, 1.165) is 25.4 Å². The van der Waals surface area contributed by atoms with E-state index in [1.807, 2.05) is 13.8 Å². The maximum Gasteiger partial charge on any atom is 0.149 e. The fraction of sp³-hybridized carbons (Fsp3) is 1.00. The van der Waals surface area contributed by atoms with Crippen molar-refractivity contribution in [3.8, 4) is 0 Å². The van der Waals surface area contributed by atoms with Crippen LogP contribution >= 0.6 is 7.29 Å². The highest BCUT2D eigenvalue weighted by molar-refractivity contribution is 7.61. The summed E-state index contributed by atoms with van der Waals surface area (Å²) >= 11 is 0. The molecule has 0 radical (unpaired) electrons. The lowest BCUT2D eigenvalue weighted by Gasteiger charge is -2.27. The fourth-order valence-electron chi connectivity index (χ4n) is 1.36. The predicted octanol–water partition coefficient (Wildman–Crippen LogP) is 2.65.